The molecule has 7 nitrogen and oxygen atoms in total. The van der Waals surface area contributed by atoms with E-state index in [9.17, 15) is 13.2 Å². The molecule has 2 heterocycles. The Morgan fingerprint density at radius 1 is 1.00 bits per heavy atom. The van der Waals surface area contributed by atoms with Crippen LogP contribution >= 0.6 is 34.8 Å². The molecule has 2 aromatic carbocycles. The second kappa shape index (κ2) is 9.64. The number of sulfonamides is 1. The minimum atomic E-state index is -3.51. The summed E-state index contributed by atoms with van der Waals surface area (Å²) in [6.07, 6.45) is 4.23. The Morgan fingerprint density at radius 3 is 2.21 bits per heavy atom. The van der Waals surface area contributed by atoms with Crippen LogP contribution in [0.1, 0.15) is 30.5 Å². The van der Waals surface area contributed by atoms with Crippen LogP contribution in [0.15, 0.2) is 51.1 Å². The second-order valence-electron chi connectivity index (χ2n) is 7.73. The van der Waals surface area contributed by atoms with Crippen molar-refractivity contribution in [3.05, 3.63) is 73.1 Å². The van der Waals surface area contributed by atoms with Crippen LogP contribution < -0.4 is 5.56 Å². The van der Waals surface area contributed by atoms with E-state index in [0.29, 0.717) is 40.7 Å². The van der Waals surface area contributed by atoms with Gasteiger partial charge < -0.3 is 0 Å². The van der Waals surface area contributed by atoms with E-state index in [4.69, 9.17) is 34.8 Å². The number of nitrogens with one attached hydrogen (secondary N) is 1. The first-order chi connectivity index (χ1) is 15.7. The number of halogens is 3. The molecule has 1 aromatic heterocycles. The molecule has 1 aliphatic rings. The molecule has 1 aliphatic heterocycles. The predicted molar refractivity (Wildman–Crippen MR) is 132 cm³/mol. The van der Waals surface area contributed by atoms with Gasteiger partial charge in [0, 0.05) is 30.0 Å². The highest BCUT2D eigenvalue weighted by molar-refractivity contribution is 7.89. The van der Waals surface area contributed by atoms with Crippen molar-refractivity contribution in [1.82, 2.24) is 14.1 Å². The monoisotopic (exact) mass is 526 g/mol. The normalized spacial score (nSPS) is 15.4. The third-order valence-corrected chi connectivity index (χ3v) is 8.16. The van der Waals surface area contributed by atoms with Gasteiger partial charge >= 0.3 is 0 Å². The molecular formula is C22H21Cl3N4O3S. The van der Waals surface area contributed by atoms with Crippen molar-refractivity contribution < 1.29 is 8.42 Å². The first-order valence-electron chi connectivity index (χ1n) is 10.3. The SMILES string of the molecule is Cc1[nH]n(-c2c(Cl)cc(Cl)cc2Cl)c(=O)c1C=Nc1ccc(S(=O)(=O)N2CCCCC2)cc1. The lowest BCUT2D eigenvalue weighted by atomic mass is 10.2. The summed E-state index contributed by atoms with van der Waals surface area (Å²) in [6, 6.07) is 9.29. The maximum atomic E-state index is 13.0. The van der Waals surface area contributed by atoms with E-state index in [2.05, 4.69) is 10.1 Å². The highest BCUT2D eigenvalue weighted by atomic mass is 35.5. The average Bonchev–Trinajstić information content (AvgIpc) is 3.05. The maximum Gasteiger partial charge on any atom is 0.280 e. The Balaban J connectivity index is 1.60. The van der Waals surface area contributed by atoms with Crippen LogP contribution in [-0.4, -0.2) is 41.8 Å². The van der Waals surface area contributed by atoms with E-state index in [1.165, 1.54) is 39.5 Å². The molecule has 0 atom stereocenters. The summed E-state index contributed by atoms with van der Waals surface area (Å²) in [5.41, 5.74) is 1.31. The molecule has 1 fully saturated rings. The van der Waals surface area contributed by atoms with Gasteiger partial charge in [0.05, 0.1) is 26.2 Å². The summed E-state index contributed by atoms with van der Waals surface area (Å²) in [5.74, 6) is 0. The van der Waals surface area contributed by atoms with Crippen LogP contribution in [0.4, 0.5) is 5.69 Å². The molecule has 0 radical (unpaired) electrons. The molecule has 0 aliphatic carbocycles. The minimum absolute atomic E-state index is 0.227. The number of aliphatic imine (C=N–C) groups is 1. The van der Waals surface area contributed by atoms with E-state index >= 15 is 0 Å². The molecule has 11 heteroatoms. The zero-order valence-electron chi connectivity index (χ0n) is 17.7. The predicted octanol–water partition coefficient (Wildman–Crippen LogP) is 5.36. The van der Waals surface area contributed by atoms with Crippen molar-refractivity contribution >= 4 is 56.7 Å². The topological polar surface area (TPSA) is 87.5 Å². The summed E-state index contributed by atoms with van der Waals surface area (Å²) in [7, 11) is -3.51. The Hall–Kier alpha value is -2.10. The number of aromatic amines is 1. The van der Waals surface area contributed by atoms with Gasteiger partial charge in [-0.15, -0.1) is 0 Å². The average molecular weight is 528 g/mol. The summed E-state index contributed by atoms with van der Waals surface area (Å²) in [4.78, 5) is 17.5. The standard InChI is InChI=1S/C22H21Cl3N4O3S/c1-14-18(22(30)29(27-14)21-19(24)11-15(23)12-20(21)25)13-26-16-5-7-17(8-6-16)33(31,32)28-9-3-2-4-10-28/h5-8,11-13,27H,2-4,9-10H2,1H3. The van der Waals surface area contributed by atoms with Gasteiger partial charge in [-0.25, -0.2) is 13.1 Å². The van der Waals surface area contributed by atoms with E-state index in [0.717, 1.165) is 19.3 Å². The maximum absolute atomic E-state index is 13.0. The van der Waals surface area contributed by atoms with E-state index in [-0.39, 0.29) is 20.5 Å². The van der Waals surface area contributed by atoms with Gasteiger partial charge in [0.15, 0.2) is 0 Å². The fourth-order valence-corrected chi connectivity index (χ4v) is 6.22. The van der Waals surface area contributed by atoms with E-state index in [1.807, 2.05) is 0 Å². The van der Waals surface area contributed by atoms with Crippen molar-refractivity contribution in [2.45, 2.75) is 31.1 Å². The number of rotatable bonds is 5. The first kappa shape index (κ1) is 24.0. The molecule has 0 spiro atoms. The van der Waals surface area contributed by atoms with Crippen molar-refractivity contribution in [1.29, 1.82) is 0 Å². The fraction of sp³-hybridized carbons (Fsp3) is 0.273. The molecule has 0 bridgehead atoms. The van der Waals surface area contributed by atoms with Crippen LogP contribution in [0.25, 0.3) is 5.69 Å². The smallest absolute Gasteiger partial charge is 0.280 e. The molecule has 4 rings (SSSR count). The van der Waals surface area contributed by atoms with Gasteiger partial charge in [-0.2, -0.15) is 4.31 Å². The third-order valence-electron chi connectivity index (χ3n) is 5.45. The van der Waals surface area contributed by atoms with Gasteiger partial charge in [0.2, 0.25) is 10.0 Å². The van der Waals surface area contributed by atoms with Crippen LogP contribution in [0.5, 0.6) is 0 Å². The van der Waals surface area contributed by atoms with Crippen LogP contribution in [0.3, 0.4) is 0 Å². The van der Waals surface area contributed by atoms with Gasteiger partial charge in [-0.1, -0.05) is 41.2 Å². The Kier molecular flexibility index (Phi) is 7.02. The molecule has 0 saturated carbocycles. The van der Waals surface area contributed by atoms with E-state index < -0.39 is 10.0 Å². The van der Waals surface area contributed by atoms with Crippen LogP contribution in [0, 0.1) is 6.92 Å². The number of hydrogen-bond donors (Lipinski definition) is 1. The fourth-order valence-electron chi connectivity index (χ4n) is 3.71. The third kappa shape index (κ3) is 4.90. The molecule has 174 valence electrons. The number of aromatic nitrogens is 2. The van der Waals surface area contributed by atoms with Crippen LogP contribution in [0.2, 0.25) is 15.1 Å². The molecule has 1 saturated heterocycles. The number of H-pyrrole nitrogens is 1. The highest BCUT2D eigenvalue weighted by Gasteiger charge is 2.25. The molecule has 1 N–H and O–H groups in total. The summed E-state index contributed by atoms with van der Waals surface area (Å²) < 4.78 is 28.3. The van der Waals surface area contributed by atoms with Crippen molar-refractivity contribution in [2.75, 3.05) is 13.1 Å². The molecule has 33 heavy (non-hydrogen) atoms. The Morgan fingerprint density at radius 2 is 1.61 bits per heavy atom. The number of nitrogens with zero attached hydrogens (tertiary/aromatic N) is 3. The second-order valence-corrected chi connectivity index (χ2v) is 10.9. The Labute approximate surface area is 206 Å². The lowest BCUT2D eigenvalue weighted by molar-refractivity contribution is 0.346. The molecule has 0 amide bonds. The van der Waals surface area contributed by atoms with Crippen molar-refractivity contribution in [3.8, 4) is 5.69 Å². The molecular weight excluding hydrogens is 507 g/mol. The zero-order chi connectivity index (χ0) is 23.8. The van der Waals surface area contributed by atoms with Gasteiger partial charge in [-0.3, -0.25) is 14.9 Å². The summed E-state index contributed by atoms with van der Waals surface area (Å²) in [5, 5.41) is 3.76. The van der Waals surface area contributed by atoms with E-state index in [1.54, 1.807) is 19.1 Å². The molecule has 3 aromatic rings. The lowest BCUT2D eigenvalue weighted by Crippen LogP contribution is -2.35. The largest absolute Gasteiger partial charge is 0.295 e. The number of aryl methyl sites for hydroxylation is 1. The van der Waals surface area contributed by atoms with Crippen LogP contribution in [-0.2, 0) is 10.0 Å². The van der Waals surface area contributed by atoms with Gasteiger partial charge in [0.25, 0.3) is 5.56 Å². The highest BCUT2D eigenvalue weighted by Crippen LogP contribution is 2.31. The number of benzene rings is 2. The minimum Gasteiger partial charge on any atom is -0.295 e. The summed E-state index contributed by atoms with van der Waals surface area (Å²) >= 11 is 18.5. The van der Waals surface area contributed by atoms with Crippen molar-refractivity contribution in [2.24, 2.45) is 4.99 Å². The lowest BCUT2D eigenvalue weighted by Gasteiger charge is -2.25. The van der Waals surface area contributed by atoms with Gasteiger partial charge in [0.1, 0.15) is 5.69 Å². The number of piperidine rings is 1. The van der Waals surface area contributed by atoms with Gasteiger partial charge in [-0.05, 0) is 56.2 Å². The quantitative estimate of drug-likeness (QED) is 0.453. The summed E-state index contributed by atoms with van der Waals surface area (Å²) in [6.45, 7) is 2.82. The Bertz CT molecular complexity index is 1350. The molecule has 0 unspecified atom stereocenters. The zero-order valence-corrected chi connectivity index (χ0v) is 20.8. The number of hydrogen-bond acceptors (Lipinski definition) is 4. The first-order valence-corrected chi connectivity index (χ1v) is 12.9. The van der Waals surface area contributed by atoms with Crippen molar-refractivity contribution in [3.63, 3.8) is 0 Å².